The molecule has 0 aliphatic carbocycles. The number of nitrogens with zero attached hydrogens (tertiary/aromatic N) is 1. The predicted octanol–water partition coefficient (Wildman–Crippen LogP) is 2.89. The van der Waals surface area contributed by atoms with Crippen molar-refractivity contribution in [1.82, 2.24) is 4.98 Å². The fourth-order valence-corrected chi connectivity index (χ4v) is 1.39. The molecule has 2 aromatic heterocycles. The van der Waals surface area contributed by atoms with Crippen LogP contribution in [0.2, 0.25) is 5.15 Å². The molecule has 2 rings (SSSR count). The van der Waals surface area contributed by atoms with Gasteiger partial charge in [0.15, 0.2) is 10.9 Å². The first-order chi connectivity index (χ1) is 7.66. The van der Waals surface area contributed by atoms with E-state index >= 15 is 0 Å². The lowest BCUT2D eigenvalue weighted by atomic mass is 10.3. The third kappa shape index (κ3) is 2.23. The molecule has 2 aromatic rings. The zero-order valence-electron chi connectivity index (χ0n) is 8.53. The molecular formula is C11H9ClN2O2. The number of nitrogens with one attached hydrogen (secondary N) is 1. The molecule has 0 aromatic carbocycles. The van der Waals surface area contributed by atoms with Gasteiger partial charge in [-0.3, -0.25) is 4.79 Å². The minimum Gasteiger partial charge on any atom is -0.456 e. The Morgan fingerprint density at radius 2 is 2.25 bits per heavy atom. The molecule has 82 valence electrons. The number of anilines is 1. The number of aryl methyl sites for hydroxylation is 1. The van der Waals surface area contributed by atoms with Gasteiger partial charge in [0, 0.05) is 6.20 Å². The van der Waals surface area contributed by atoms with Crippen molar-refractivity contribution >= 4 is 23.2 Å². The normalized spacial score (nSPS) is 10.1. The largest absolute Gasteiger partial charge is 0.456 e. The van der Waals surface area contributed by atoms with E-state index in [1.54, 1.807) is 37.4 Å². The maximum atomic E-state index is 11.7. The van der Waals surface area contributed by atoms with Gasteiger partial charge >= 0.3 is 0 Å². The highest BCUT2D eigenvalue weighted by Crippen LogP contribution is 2.18. The van der Waals surface area contributed by atoms with Crippen LogP contribution in [0.1, 0.15) is 16.3 Å². The van der Waals surface area contributed by atoms with Crippen molar-refractivity contribution in [1.29, 1.82) is 0 Å². The van der Waals surface area contributed by atoms with E-state index in [1.165, 1.54) is 0 Å². The van der Waals surface area contributed by atoms with Crippen LogP contribution >= 0.6 is 11.6 Å². The van der Waals surface area contributed by atoms with Gasteiger partial charge in [-0.2, -0.15) is 0 Å². The first-order valence-corrected chi connectivity index (χ1v) is 5.03. The Hall–Kier alpha value is -1.81. The van der Waals surface area contributed by atoms with Crippen LogP contribution in [0.15, 0.2) is 34.9 Å². The number of amides is 1. The lowest BCUT2D eigenvalue weighted by Gasteiger charge is -2.03. The molecule has 0 saturated heterocycles. The van der Waals surface area contributed by atoms with Crippen LogP contribution in [0.3, 0.4) is 0 Å². The van der Waals surface area contributed by atoms with Gasteiger partial charge in [-0.25, -0.2) is 4.98 Å². The van der Waals surface area contributed by atoms with E-state index < -0.39 is 0 Å². The summed E-state index contributed by atoms with van der Waals surface area (Å²) in [5, 5.41) is 2.86. The Balaban J connectivity index is 2.17. The zero-order valence-corrected chi connectivity index (χ0v) is 9.28. The standard InChI is InChI=1S/C11H9ClN2O2/c1-7-4-5-9(16-7)11(15)14-8-3-2-6-13-10(8)12/h2-6H,1H3,(H,14,15). The molecule has 0 bridgehead atoms. The number of carbonyl (C=O) groups is 1. The van der Waals surface area contributed by atoms with Gasteiger partial charge in [0.1, 0.15) is 5.76 Å². The van der Waals surface area contributed by atoms with Gasteiger partial charge in [0.05, 0.1) is 5.69 Å². The van der Waals surface area contributed by atoms with Crippen LogP contribution in [0.25, 0.3) is 0 Å². The fourth-order valence-electron chi connectivity index (χ4n) is 1.22. The van der Waals surface area contributed by atoms with Crippen molar-refractivity contribution < 1.29 is 9.21 Å². The summed E-state index contributed by atoms with van der Waals surface area (Å²) < 4.78 is 5.18. The molecular weight excluding hydrogens is 228 g/mol. The molecule has 0 spiro atoms. The summed E-state index contributed by atoms with van der Waals surface area (Å²) in [4.78, 5) is 15.5. The van der Waals surface area contributed by atoms with E-state index in [0.717, 1.165) is 0 Å². The van der Waals surface area contributed by atoms with Crippen LogP contribution in [0.5, 0.6) is 0 Å². The number of rotatable bonds is 2. The van der Waals surface area contributed by atoms with E-state index in [2.05, 4.69) is 10.3 Å². The molecule has 0 aliphatic heterocycles. The Morgan fingerprint density at radius 1 is 1.44 bits per heavy atom. The van der Waals surface area contributed by atoms with Gasteiger partial charge in [-0.15, -0.1) is 0 Å². The summed E-state index contributed by atoms with van der Waals surface area (Å²) in [6.07, 6.45) is 1.55. The lowest BCUT2D eigenvalue weighted by Crippen LogP contribution is -2.11. The van der Waals surface area contributed by atoms with Gasteiger partial charge in [-0.05, 0) is 31.2 Å². The number of pyridine rings is 1. The smallest absolute Gasteiger partial charge is 0.291 e. The van der Waals surface area contributed by atoms with Crippen LogP contribution < -0.4 is 5.32 Å². The Kier molecular flexibility index (Phi) is 2.92. The molecule has 1 N–H and O–H groups in total. The summed E-state index contributed by atoms with van der Waals surface area (Å²) in [6.45, 7) is 1.77. The molecule has 0 fully saturated rings. The minimum absolute atomic E-state index is 0.248. The van der Waals surface area contributed by atoms with Crippen molar-refractivity contribution in [2.24, 2.45) is 0 Å². The number of furan rings is 1. The summed E-state index contributed by atoms with van der Waals surface area (Å²) in [5.41, 5.74) is 0.461. The highest BCUT2D eigenvalue weighted by molar-refractivity contribution is 6.32. The van der Waals surface area contributed by atoms with Crippen LogP contribution in [0, 0.1) is 6.92 Å². The topological polar surface area (TPSA) is 55.1 Å². The monoisotopic (exact) mass is 236 g/mol. The molecule has 0 radical (unpaired) electrons. The second kappa shape index (κ2) is 4.37. The molecule has 2 heterocycles. The quantitative estimate of drug-likeness (QED) is 0.816. The van der Waals surface area contributed by atoms with E-state index in [9.17, 15) is 4.79 Å². The average Bonchev–Trinajstić information content (AvgIpc) is 2.68. The average molecular weight is 237 g/mol. The summed E-state index contributed by atoms with van der Waals surface area (Å²) in [6, 6.07) is 6.69. The van der Waals surface area contributed by atoms with E-state index in [1.807, 2.05) is 0 Å². The van der Waals surface area contributed by atoms with Gasteiger partial charge in [0.25, 0.3) is 5.91 Å². The molecule has 1 amide bonds. The number of aromatic nitrogens is 1. The Labute approximate surface area is 97.2 Å². The van der Waals surface area contributed by atoms with Gasteiger partial charge < -0.3 is 9.73 Å². The Morgan fingerprint density at radius 3 is 2.88 bits per heavy atom. The van der Waals surface area contributed by atoms with Crippen molar-refractivity contribution in [2.45, 2.75) is 6.92 Å². The summed E-state index contributed by atoms with van der Waals surface area (Å²) in [7, 11) is 0. The summed E-state index contributed by atoms with van der Waals surface area (Å²) in [5.74, 6) is 0.586. The zero-order chi connectivity index (χ0) is 11.5. The highest BCUT2D eigenvalue weighted by atomic mass is 35.5. The molecule has 4 nitrogen and oxygen atoms in total. The van der Waals surface area contributed by atoms with Gasteiger partial charge in [0.2, 0.25) is 0 Å². The van der Waals surface area contributed by atoms with Crippen LogP contribution in [-0.4, -0.2) is 10.9 Å². The van der Waals surface area contributed by atoms with Crippen LogP contribution in [0.4, 0.5) is 5.69 Å². The lowest BCUT2D eigenvalue weighted by molar-refractivity contribution is 0.0995. The predicted molar refractivity (Wildman–Crippen MR) is 60.6 cm³/mol. The third-order valence-electron chi connectivity index (χ3n) is 1.97. The molecule has 0 atom stereocenters. The maximum absolute atomic E-state index is 11.7. The molecule has 0 aliphatic rings. The Bertz CT molecular complexity index is 522. The minimum atomic E-state index is -0.344. The number of hydrogen-bond donors (Lipinski definition) is 1. The van der Waals surface area contributed by atoms with Crippen molar-refractivity contribution in [3.05, 3.63) is 47.1 Å². The van der Waals surface area contributed by atoms with Crippen molar-refractivity contribution in [3.63, 3.8) is 0 Å². The molecule has 0 saturated carbocycles. The van der Waals surface area contributed by atoms with E-state index in [0.29, 0.717) is 11.4 Å². The van der Waals surface area contributed by atoms with E-state index in [-0.39, 0.29) is 16.8 Å². The first-order valence-electron chi connectivity index (χ1n) is 4.65. The second-order valence-corrected chi connectivity index (χ2v) is 3.56. The van der Waals surface area contributed by atoms with E-state index in [4.69, 9.17) is 16.0 Å². The molecule has 16 heavy (non-hydrogen) atoms. The molecule has 0 unspecified atom stereocenters. The first kappa shape index (κ1) is 10.7. The maximum Gasteiger partial charge on any atom is 0.291 e. The second-order valence-electron chi connectivity index (χ2n) is 3.21. The molecule has 5 heteroatoms. The SMILES string of the molecule is Cc1ccc(C(=O)Nc2cccnc2Cl)o1. The highest BCUT2D eigenvalue weighted by Gasteiger charge is 2.11. The number of carbonyl (C=O) groups excluding carboxylic acids is 1. The third-order valence-corrected chi connectivity index (χ3v) is 2.27. The number of halogens is 1. The fraction of sp³-hybridized carbons (Fsp3) is 0.0909. The number of hydrogen-bond acceptors (Lipinski definition) is 3. The van der Waals surface area contributed by atoms with Gasteiger partial charge in [-0.1, -0.05) is 11.6 Å². The van der Waals surface area contributed by atoms with Crippen molar-refractivity contribution in [2.75, 3.05) is 5.32 Å². The summed E-state index contributed by atoms with van der Waals surface area (Å²) >= 11 is 5.80. The van der Waals surface area contributed by atoms with Crippen LogP contribution in [-0.2, 0) is 0 Å². The van der Waals surface area contributed by atoms with Crippen molar-refractivity contribution in [3.8, 4) is 0 Å².